The van der Waals surface area contributed by atoms with Gasteiger partial charge in [0.15, 0.2) is 0 Å². The number of nitrogens with zero attached hydrogens (tertiary/aromatic N) is 3. The Balaban J connectivity index is 1.91. The first-order valence-corrected chi connectivity index (χ1v) is 7.71. The second-order valence-electron chi connectivity index (χ2n) is 5.66. The molecule has 2 aromatic heterocycles. The quantitative estimate of drug-likeness (QED) is 0.796. The molecule has 0 bridgehead atoms. The molecule has 0 fully saturated rings. The molecule has 22 heavy (non-hydrogen) atoms. The Kier molecular flexibility index (Phi) is 3.84. The first-order valence-electron chi connectivity index (χ1n) is 7.71. The molecule has 2 heterocycles. The second-order valence-corrected chi connectivity index (χ2v) is 5.66. The Morgan fingerprint density at radius 1 is 1.18 bits per heavy atom. The molecule has 0 aliphatic heterocycles. The Bertz CT molecular complexity index is 817. The predicted octanol–water partition coefficient (Wildman–Crippen LogP) is 3.76. The summed E-state index contributed by atoms with van der Waals surface area (Å²) in [6.45, 7) is 7.08. The molecule has 0 unspecified atom stereocenters. The molecule has 3 rings (SSSR count). The molecule has 1 aromatic carbocycles. The van der Waals surface area contributed by atoms with Crippen LogP contribution in [-0.4, -0.2) is 14.8 Å². The highest BCUT2D eigenvalue weighted by Crippen LogP contribution is 2.22. The van der Waals surface area contributed by atoms with E-state index in [1.807, 2.05) is 17.8 Å². The van der Waals surface area contributed by atoms with Crippen molar-refractivity contribution in [1.29, 1.82) is 0 Å². The van der Waals surface area contributed by atoms with Gasteiger partial charge in [-0.05, 0) is 38.0 Å². The van der Waals surface area contributed by atoms with Crippen LogP contribution in [0.5, 0.6) is 0 Å². The van der Waals surface area contributed by atoms with Gasteiger partial charge in [0.2, 0.25) is 0 Å². The maximum absolute atomic E-state index is 4.73. The monoisotopic (exact) mass is 294 g/mol. The van der Waals surface area contributed by atoms with E-state index in [1.165, 1.54) is 22.2 Å². The third-order valence-corrected chi connectivity index (χ3v) is 4.29. The molecule has 0 amide bonds. The van der Waals surface area contributed by atoms with Crippen LogP contribution in [-0.2, 0) is 20.0 Å². The van der Waals surface area contributed by atoms with Crippen LogP contribution in [0.2, 0.25) is 0 Å². The summed E-state index contributed by atoms with van der Waals surface area (Å²) in [6, 6.07) is 10.5. The van der Waals surface area contributed by atoms with Crippen LogP contribution in [0.3, 0.4) is 0 Å². The minimum atomic E-state index is 0.750. The molecule has 1 N–H and O–H groups in total. The average Bonchev–Trinajstić information content (AvgIpc) is 2.77. The van der Waals surface area contributed by atoms with E-state index in [9.17, 15) is 0 Å². The zero-order valence-corrected chi connectivity index (χ0v) is 13.6. The molecule has 3 aromatic rings. The smallest absolute Gasteiger partial charge is 0.127 e. The SMILES string of the molecule is CCc1cc(NCc2c(C)nn(C)c2C)nc2ccccc12. The summed E-state index contributed by atoms with van der Waals surface area (Å²) in [6.07, 6.45) is 1.00. The zero-order chi connectivity index (χ0) is 15.7. The van der Waals surface area contributed by atoms with Crippen molar-refractivity contribution in [2.45, 2.75) is 33.7 Å². The molecule has 0 spiro atoms. The number of rotatable bonds is 4. The van der Waals surface area contributed by atoms with E-state index in [2.05, 4.69) is 55.5 Å². The van der Waals surface area contributed by atoms with Gasteiger partial charge in [-0.15, -0.1) is 0 Å². The summed E-state index contributed by atoms with van der Waals surface area (Å²) >= 11 is 0. The van der Waals surface area contributed by atoms with E-state index < -0.39 is 0 Å². The lowest BCUT2D eigenvalue weighted by Gasteiger charge is -2.10. The standard InChI is InChI=1S/C18H22N4/c1-5-14-10-18(20-17-9-7-6-8-15(14)17)19-11-16-12(2)21-22(4)13(16)3/h6-10H,5,11H2,1-4H3,(H,19,20). The van der Waals surface area contributed by atoms with Gasteiger partial charge < -0.3 is 5.32 Å². The van der Waals surface area contributed by atoms with Crippen molar-refractivity contribution < 1.29 is 0 Å². The van der Waals surface area contributed by atoms with E-state index in [-0.39, 0.29) is 0 Å². The summed E-state index contributed by atoms with van der Waals surface area (Å²) in [4.78, 5) is 4.73. The third-order valence-electron chi connectivity index (χ3n) is 4.29. The summed E-state index contributed by atoms with van der Waals surface area (Å²) in [5, 5.41) is 9.16. The van der Waals surface area contributed by atoms with Gasteiger partial charge in [-0.2, -0.15) is 5.10 Å². The topological polar surface area (TPSA) is 42.7 Å². The van der Waals surface area contributed by atoms with E-state index in [1.54, 1.807) is 0 Å². The van der Waals surface area contributed by atoms with Crippen molar-refractivity contribution in [1.82, 2.24) is 14.8 Å². The number of aryl methyl sites for hydroxylation is 3. The van der Waals surface area contributed by atoms with Crippen LogP contribution >= 0.6 is 0 Å². The van der Waals surface area contributed by atoms with Gasteiger partial charge in [0.1, 0.15) is 5.82 Å². The van der Waals surface area contributed by atoms with Crippen LogP contribution in [0.15, 0.2) is 30.3 Å². The largest absolute Gasteiger partial charge is 0.366 e. The average molecular weight is 294 g/mol. The number of nitrogens with one attached hydrogen (secondary N) is 1. The number of benzene rings is 1. The van der Waals surface area contributed by atoms with Gasteiger partial charge in [0, 0.05) is 30.2 Å². The fourth-order valence-corrected chi connectivity index (χ4v) is 2.88. The highest BCUT2D eigenvalue weighted by atomic mass is 15.3. The summed E-state index contributed by atoms with van der Waals surface area (Å²) < 4.78 is 1.93. The van der Waals surface area contributed by atoms with Gasteiger partial charge >= 0.3 is 0 Å². The maximum Gasteiger partial charge on any atom is 0.127 e. The first-order chi connectivity index (χ1) is 10.6. The normalized spacial score (nSPS) is 11.1. The van der Waals surface area contributed by atoms with Gasteiger partial charge in [-0.25, -0.2) is 4.98 Å². The lowest BCUT2D eigenvalue weighted by atomic mass is 10.1. The number of hydrogen-bond donors (Lipinski definition) is 1. The number of pyridine rings is 1. The fourth-order valence-electron chi connectivity index (χ4n) is 2.88. The Morgan fingerprint density at radius 2 is 1.95 bits per heavy atom. The summed E-state index contributed by atoms with van der Waals surface area (Å²) in [5.41, 5.74) is 5.89. The zero-order valence-electron chi connectivity index (χ0n) is 13.6. The van der Waals surface area contributed by atoms with Crippen molar-refractivity contribution in [3.63, 3.8) is 0 Å². The van der Waals surface area contributed by atoms with Crippen LogP contribution in [0.1, 0.15) is 29.4 Å². The van der Waals surface area contributed by atoms with Crippen molar-refractivity contribution in [3.8, 4) is 0 Å². The van der Waals surface area contributed by atoms with Crippen molar-refractivity contribution >= 4 is 16.7 Å². The maximum atomic E-state index is 4.73. The minimum absolute atomic E-state index is 0.750. The Morgan fingerprint density at radius 3 is 2.64 bits per heavy atom. The summed E-state index contributed by atoms with van der Waals surface area (Å²) in [5.74, 6) is 0.929. The molecule has 0 saturated heterocycles. The Labute approximate surface area is 131 Å². The molecule has 4 heteroatoms. The van der Waals surface area contributed by atoms with E-state index >= 15 is 0 Å². The second kappa shape index (κ2) is 5.79. The highest BCUT2D eigenvalue weighted by Gasteiger charge is 2.10. The molecule has 0 saturated carbocycles. The minimum Gasteiger partial charge on any atom is -0.366 e. The number of aromatic nitrogens is 3. The lowest BCUT2D eigenvalue weighted by Crippen LogP contribution is -2.04. The molecular formula is C18H22N4. The van der Waals surface area contributed by atoms with Gasteiger partial charge in [0.25, 0.3) is 0 Å². The number of anilines is 1. The molecule has 4 nitrogen and oxygen atoms in total. The van der Waals surface area contributed by atoms with E-state index in [0.717, 1.165) is 30.0 Å². The van der Waals surface area contributed by atoms with Gasteiger partial charge in [0.05, 0.1) is 11.2 Å². The van der Waals surface area contributed by atoms with Crippen LogP contribution in [0.4, 0.5) is 5.82 Å². The van der Waals surface area contributed by atoms with Crippen LogP contribution in [0, 0.1) is 13.8 Å². The van der Waals surface area contributed by atoms with Crippen molar-refractivity contribution in [3.05, 3.63) is 52.8 Å². The fraction of sp³-hybridized carbons (Fsp3) is 0.333. The summed E-state index contributed by atoms with van der Waals surface area (Å²) in [7, 11) is 1.98. The Hall–Kier alpha value is -2.36. The highest BCUT2D eigenvalue weighted by molar-refractivity contribution is 5.84. The number of hydrogen-bond acceptors (Lipinski definition) is 3. The van der Waals surface area contributed by atoms with Crippen molar-refractivity contribution in [2.24, 2.45) is 7.05 Å². The number of fused-ring (bicyclic) bond motifs is 1. The molecule has 0 atom stereocenters. The number of para-hydroxylation sites is 1. The van der Waals surface area contributed by atoms with Gasteiger partial charge in [-0.3, -0.25) is 4.68 Å². The lowest BCUT2D eigenvalue weighted by molar-refractivity contribution is 0.730. The first kappa shape index (κ1) is 14.6. The van der Waals surface area contributed by atoms with Crippen molar-refractivity contribution in [2.75, 3.05) is 5.32 Å². The molecule has 0 aliphatic carbocycles. The molecule has 0 radical (unpaired) electrons. The van der Waals surface area contributed by atoms with E-state index in [0.29, 0.717) is 0 Å². The van der Waals surface area contributed by atoms with Crippen LogP contribution in [0.25, 0.3) is 10.9 Å². The van der Waals surface area contributed by atoms with Gasteiger partial charge in [-0.1, -0.05) is 25.1 Å². The third kappa shape index (κ3) is 2.56. The van der Waals surface area contributed by atoms with E-state index in [4.69, 9.17) is 4.98 Å². The molecule has 0 aliphatic rings. The predicted molar refractivity (Wildman–Crippen MR) is 91.1 cm³/mol. The van der Waals surface area contributed by atoms with Crippen LogP contribution < -0.4 is 5.32 Å². The molecular weight excluding hydrogens is 272 g/mol. The molecule has 114 valence electrons.